The van der Waals surface area contributed by atoms with Gasteiger partial charge in [-0.2, -0.15) is 5.10 Å². The third kappa shape index (κ3) is 3.93. The number of fused-ring (bicyclic) bond motifs is 1. The Morgan fingerprint density at radius 1 is 1.23 bits per heavy atom. The number of piperidine rings is 1. The van der Waals surface area contributed by atoms with E-state index in [-0.39, 0.29) is 18.5 Å². The number of rotatable bonds is 4. The molecule has 5 rings (SSSR count). The lowest BCUT2D eigenvalue weighted by Gasteiger charge is -2.34. The SMILES string of the molecule is Cc1cccc(-c2n[nH]c(=S)n2CC(=O)N2CCCCC2c2nc3ccccc3s2)c1. The van der Waals surface area contributed by atoms with Crippen LogP contribution in [0.3, 0.4) is 0 Å². The van der Waals surface area contributed by atoms with Crippen molar-refractivity contribution in [2.24, 2.45) is 0 Å². The number of H-pyrrole nitrogens is 1. The molecule has 0 bridgehead atoms. The van der Waals surface area contributed by atoms with Crippen molar-refractivity contribution in [2.45, 2.75) is 38.8 Å². The standard InChI is InChI=1S/C23H23N5OS2/c1-15-7-6-8-16(13-15)21-25-26-23(30)28(21)14-20(29)27-12-5-4-10-18(27)22-24-17-9-2-3-11-19(17)31-22/h2-3,6-9,11,13,18H,4-5,10,12,14H2,1H3,(H,26,30). The fourth-order valence-corrected chi connectivity index (χ4v) is 5.53. The van der Waals surface area contributed by atoms with E-state index in [9.17, 15) is 4.79 Å². The molecule has 1 amide bonds. The van der Waals surface area contributed by atoms with E-state index < -0.39 is 0 Å². The molecule has 0 spiro atoms. The van der Waals surface area contributed by atoms with E-state index in [0.29, 0.717) is 10.6 Å². The number of hydrogen-bond donors (Lipinski definition) is 1. The van der Waals surface area contributed by atoms with Crippen molar-refractivity contribution in [3.63, 3.8) is 0 Å². The molecule has 3 heterocycles. The predicted molar refractivity (Wildman–Crippen MR) is 126 cm³/mol. The lowest BCUT2D eigenvalue weighted by Crippen LogP contribution is -2.40. The number of aromatic amines is 1. The summed E-state index contributed by atoms with van der Waals surface area (Å²) in [4.78, 5) is 20.3. The Hall–Kier alpha value is -2.84. The maximum atomic E-state index is 13.5. The number of benzene rings is 2. The molecule has 1 fully saturated rings. The van der Waals surface area contributed by atoms with Crippen LogP contribution >= 0.6 is 23.6 Å². The second-order valence-electron chi connectivity index (χ2n) is 7.93. The van der Waals surface area contributed by atoms with Crippen molar-refractivity contribution in [1.82, 2.24) is 24.6 Å². The second-order valence-corrected chi connectivity index (χ2v) is 9.38. The molecule has 1 N–H and O–H groups in total. The van der Waals surface area contributed by atoms with Gasteiger partial charge in [0.2, 0.25) is 5.91 Å². The van der Waals surface area contributed by atoms with Gasteiger partial charge in [-0.25, -0.2) is 4.98 Å². The van der Waals surface area contributed by atoms with Crippen LogP contribution in [0, 0.1) is 11.7 Å². The van der Waals surface area contributed by atoms with Crippen LogP contribution in [0.5, 0.6) is 0 Å². The Balaban J connectivity index is 1.44. The number of nitrogens with one attached hydrogen (secondary N) is 1. The zero-order chi connectivity index (χ0) is 21.4. The molecule has 0 saturated carbocycles. The van der Waals surface area contributed by atoms with Gasteiger partial charge in [0.15, 0.2) is 10.6 Å². The van der Waals surface area contributed by atoms with Gasteiger partial charge in [-0.3, -0.25) is 14.5 Å². The Morgan fingerprint density at radius 2 is 2.10 bits per heavy atom. The number of hydrogen-bond acceptors (Lipinski definition) is 5. The first-order valence-corrected chi connectivity index (χ1v) is 11.7. The van der Waals surface area contributed by atoms with Crippen molar-refractivity contribution in [3.8, 4) is 11.4 Å². The molecule has 1 aliphatic rings. The molecule has 2 aromatic carbocycles. The fourth-order valence-electron chi connectivity index (χ4n) is 4.21. The summed E-state index contributed by atoms with van der Waals surface area (Å²) in [5.41, 5.74) is 3.08. The summed E-state index contributed by atoms with van der Waals surface area (Å²) in [6.07, 6.45) is 3.05. The molecule has 158 valence electrons. The highest BCUT2D eigenvalue weighted by Gasteiger charge is 2.31. The van der Waals surface area contributed by atoms with Crippen LogP contribution in [0.25, 0.3) is 21.6 Å². The monoisotopic (exact) mass is 449 g/mol. The highest BCUT2D eigenvalue weighted by Crippen LogP contribution is 2.36. The normalized spacial score (nSPS) is 16.7. The Kier molecular flexibility index (Phi) is 5.41. The zero-order valence-corrected chi connectivity index (χ0v) is 18.9. The maximum Gasteiger partial charge on any atom is 0.243 e. The minimum Gasteiger partial charge on any atom is -0.332 e. The average Bonchev–Trinajstić information content (AvgIpc) is 3.37. The maximum absolute atomic E-state index is 13.5. The van der Waals surface area contributed by atoms with Gasteiger partial charge in [0.05, 0.1) is 16.3 Å². The smallest absolute Gasteiger partial charge is 0.243 e. The first-order valence-electron chi connectivity index (χ1n) is 10.5. The van der Waals surface area contributed by atoms with Crippen molar-refractivity contribution in [3.05, 3.63) is 63.9 Å². The lowest BCUT2D eigenvalue weighted by molar-refractivity contribution is -0.135. The summed E-state index contributed by atoms with van der Waals surface area (Å²) in [5, 5.41) is 8.27. The number of carbonyl (C=O) groups excluding carboxylic acids is 1. The molecule has 1 unspecified atom stereocenters. The van der Waals surface area contributed by atoms with Gasteiger partial charge >= 0.3 is 0 Å². The van der Waals surface area contributed by atoms with Gasteiger partial charge < -0.3 is 4.90 Å². The summed E-state index contributed by atoms with van der Waals surface area (Å²) in [7, 11) is 0. The van der Waals surface area contributed by atoms with Crippen molar-refractivity contribution in [2.75, 3.05) is 6.54 Å². The highest BCUT2D eigenvalue weighted by molar-refractivity contribution is 7.71. The number of amides is 1. The molecule has 2 aromatic heterocycles. The molecule has 6 nitrogen and oxygen atoms in total. The molecule has 4 aromatic rings. The first-order chi connectivity index (χ1) is 15.1. The van der Waals surface area contributed by atoms with E-state index in [1.54, 1.807) is 15.9 Å². The molecular weight excluding hydrogens is 426 g/mol. The Bertz CT molecular complexity index is 1270. The number of aromatic nitrogens is 4. The lowest BCUT2D eigenvalue weighted by atomic mass is 10.0. The van der Waals surface area contributed by atoms with E-state index in [2.05, 4.69) is 22.3 Å². The minimum absolute atomic E-state index is 0.0159. The second kappa shape index (κ2) is 8.36. The largest absolute Gasteiger partial charge is 0.332 e. The molecule has 1 atom stereocenters. The number of para-hydroxylation sites is 1. The summed E-state index contributed by atoms with van der Waals surface area (Å²) in [6, 6.07) is 16.2. The van der Waals surface area contributed by atoms with Gasteiger partial charge in [0, 0.05) is 12.1 Å². The van der Waals surface area contributed by atoms with E-state index in [4.69, 9.17) is 17.2 Å². The van der Waals surface area contributed by atoms with E-state index >= 15 is 0 Å². The van der Waals surface area contributed by atoms with Gasteiger partial charge in [0.1, 0.15) is 11.6 Å². The first kappa shape index (κ1) is 20.1. The van der Waals surface area contributed by atoms with Crippen LogP contribution in [-0.2, 0) is 11.3 Å². The van der Waals surface area contributed by atoms with Crippen LogP contribution in [0.4, 0.5) is 0 Å². The molecule has 8 heteroatoms. The molecule has 0 radical (unpaired) electrons. The fraction of sp³-hybridized carbons (Fsp3) is 0.304. The molecule has 31 heavy (non-hydrogen) atoms. The van der Waals surface area contributed by atoms with Gasteiger partial charge in [-0.15, -0.1) is 11.3 Å². The van der Waals surface area contributed by atoms with E-state index in [1.807, 2.05) is 48.2 Å². The number of likely N-dealkylation sites (tertiary alicyclic amines) is 1. The summed E-state index contributed by atoms with van der Waals surface area (Å²) >= 11 is 7.14. The van der Waals surface area contributed by atoms with Crippen molar-refractivity contribution in [1.29, 1.82) is 0 Å². The van der Waals surface area contributed by atoms with Crippen LogP contribution in [0.1, 0.15) is 35.9 Å². The van der Waals surface area contributed by atoms with Crippen LogP contribution in [0.2, 0.25) is 0 Å². The van der Waals surface area contributed by atoms with Gasteiger partial charge in [0.25, 0.3) is 0 Å². The number of aryl methyl sites for hydroxylation is 1. The van der Waals surface area contributed by atoms with E-state index in [0.717, 1.165) is 52.2 Å². The van der Waals surface area contributed by atoms with Crippen molar-refractivity contribution < 1.29 is 4.79 Å². The minimum atomic E-state index is 0.0159. The van der Waals surface area contributed by atoms with Crippen LogP contribution in [0.15, 0.2) is 48.5 Å². The number of thiazole rings is 1. The van der Waals surface area contributed by atoms with Crippen LogP contribution in [-0.4, -0.2) is 37.1 Å². The molecule has 0 aliphatic carbocycles. The summed E-state index contributed by atoms with van der Waals surface area (Å²) in [6.45, 7) is 2.95. The quantitative estimate of drug-likeness (QED) is 0.431. The number of carbonyl (C=O) groups is 1. The summed E-state index contributed by atoms with van der Waals surface area (Å²) < 4.78 is 3.42. The third-order valence-corrected chi connectivity index (χ3v) is 7.20. The highest BCUT2D eigenvalue weighted by atomic mass is 32.1. The van der Waals surface area contributed by atoms with Gasteiger partial charge in [-0.1, -0.05) is 35.9 Å². The zero-order valence-electron chi connectivity index (χ0n) is 17.2. The average molecular weight is 450 g/mol. The third-order valence-electron chi connectivity index (χ3n) is 5.75. The topological polar surface area (TPSA) is 66.8 Å². The predicted octanol–water partition coefficient (Wildman–Crippen LogP) is 5.28. The van der Waals surface area contributed by atoms with Crippen molar-refractivity contribution >= 4 is 39.7 Å². The van der Waals surface area contributed by atoms with Gasteiger partial charge in [-0.05, 0) is 56.6 Å². The molecule has 1 aliphatic heterocycles. The van der Waals surface area contributed by atoms with Crippen LogP contribution < -0.4 is 0 Å². The molecule has 1 saturated heterocycles. The van der Waals surface area contributed by atoms with E-state index in [1.165, 1.54) is 0 Å². The number of nitrogens with zero attached hydrogens (tertiary/aromatic N) is 4. The summed E-state index contributed by atoms with van der Waals surface area (Å²) in [5.74, 6) is 0.742. The Morgan fingerprint density at radius 3 is 2.94 bits per heavy atom. The Labute approximate surface area is 189 Å². The molecular formula is C23H23N5OS2.